The summed E-state index contributed by atoms with van der Waals surface area (Å²) in [7, 11) is 0. The zero-order valence-corrected chi connectivity index (χ0v) is 39.4. The van der Waals surface area contributed by atoms with Gasteiger partial charge in [-0.25, -0.2) is 0 Å². The van der Waals surface area contributed by atoms with E-state index in [2.05, 4.69) is 19.2 Å². The van der Waals surface area contributed by atoms with Crippen LogP contribution < -0.4 is 5.32 Å². The molecule has 0 saturated carbocycles. The summed E-state index contributed by atoms with van der Waals surface area (Å²) in [5.74, 6) is -0.172. The summed E-state index contributed by atoms with van der Waals surface area (Å²) in [4.78, 5) is 13.1. The van der Waals surface area contributed by atoms with E-state index in [1.165, 1.54) is 186 Å². The molecule has 0 aliphatic carbocycles. The average molecular weight is 856 g/mol. The second-order valence-electron chi connectivity index (χ2n) is 18.9. The van der Waals surface area contributed by atoms with Crippen molar-refractivity contribution in [2.24, 2.45) is 0 Å². The Bertz CT molecular complexity index is 924. The summed E-state index contributed by atoms with van der Waals surface area (Å²) in [6.45, 7) is 4.02. The van der Waals surface area contributed by atoms with Crippen molar-refractivity contribution in [3.8, 4) is 0 Å². The van der Waals surface area contributed by atoms with Crippen LogP contribution in [0.1, 0.15) is 264 Å². The molecule has 1 aliphatic rings. The average Bonchev–Trinajstić information content (AvgIpc) is 3.25. The molecule has 3 unspecified atom stereocenters. The van der Waals surface area contributed by atoms with E-state index in [-0.39, 0.29) is 18.7 Å². The van der Waals surface area contributed by atoms with E-state index >= 15 is 0 Å². The third-order valence-electron chi connectivity index (χ3n) is 13.3. The fourth-order valence-electron chi connectivity index (χ4n) is 9.07. The molecule has 1 amide bonds. The predicted molar refractivity (Wildman–Crippen MR) is 249 cm³/mol. The largest absolute Gasteiger partial charge is 0.394 e. The number of carbonyl (C=O) groups is 1. The molecule has 0 aromatic carbocycles. The van der Waals surface area contributed by atoms with Crippen molar-refractivity contribution >= 4 is 5.91 Å². The summed E-state index contributed by atoms with van der Waals surface area (Å²) in [5.41, 5.74) is 0. The number of aliphatic hydroxyl groups is 6. The number of amides is 1. The molecule has 0 spiro atoms. The van der Waals surface area contributed by atoms with Gasteiger partial charge >= 0.3 is 0 Å². The number of nitrogens with one attached hydrogen (secondary N) is 1. The maximum Gasteiger partial charge on any atom is 0.220 e. The predicted octanol–water partition coefficient (Wildman–Crippen LogP) is 11.3. The molecule has 8 atom stereocenters. The van der Waals surface area contributed by atoms with Gasteiger partial charge in [0.05, 0.1) is 31.0 Å². The van der Waals surface area contributed by atoms with E-state index in [4.69, 9.17) is 4.74 Å². The van der Waals surface area contributed by atoms with E-state index in [1.54, 1.807) is 0 Å². The Morgan fingerprint density at radius 3 is 1.17 bits per heavy atom. The number of hydrogen-bond donors (Lipinski definition) is 7. The van der Waals surface area contributed by atoms with Gasteiger partial charge in [-0.05, 0) is 25.7 Å². The van der Waals surface area contributed by atoms with Crippen molar-refractivity contribution in [3.05, 3.63) is 0 Å². The lowest BCUT2D eigenvalue weighted by molar-refractivity contribution is -0.231. The minimum absolute atomic E-state index is 0.161. The number of unbranched alkanes of at least 4 members (excludes halogenated alkanes) is 33. The molecule has 0 aromatic heterocycles. The van der Waals surface area contributed by atoms with Gasteiger partial charge in [-0.2, -0.15) is 0 Å². The normalized spacial score (nSPS) is 21.0. The highest BCUT2D eigenvalue weighted by Gasteiger charge is 2.43. The van der Waals surface area contributed by atoms with E-state index in [0.29, 0.717) is 12.8 Å². The van der Waals surface area contributed by atoms with Crippen LogP contribution in [-0.4, -0.2) is 91.9 Å². The molecule has 1 aliphatic heterocycles. The standard InChI is InChI=1S/C51H101NO8/c1-3-5-7-9-11-13-15-17-18-19-20-21-22-23-24-25-26-27-29-31-33-35-37-39-47(55)52-43(40-41-45-49(57)51(59)50(58)46(42-53)60-45)48(56)44(54)38-36-34-32-30-28-16-14-12-10-8-6-4-2/h43-46,48-51,53-54,56-59H,3-42H2,1-2H3,(H,52,55)/t43-,44+,45-,46?,48-,49?,50-,51?/m0/s1. The number of aliphatic hydroxyl groups excluding tert-OH is 6. The van der Waals surface area contributed by atoms with Crippen LogP contribution in [-0.2, 0) is 9.53 Å². The maximum atomic E-state index is 13.1. The molecule has 9 heteroatoms. The van der Waals surface area contributed by atoms with Gasteiger partial charge in [0, 0.05) is 6.42 Å². The molecule has 358 valence electrons. The van der Waals surface area contributed by atoms with E-state index in [1.807, 2.05) is 0 Å². The highest BCUT2D eigenvalue weighted by atomic mass is 16.5. The molecule has 1 saturated heterocycles. The zero-order chi connectivity index (χ0) is 43.9. The Morgan fingerprint density at radius 1 is 0.467 bits per heavy atom. The number of carbonyl (C=O) groups excluding carboxylic acids is 1. The van der Waals surface area contributed by atoms with E-state index in [9.17, 15) is 35.4 Å². The highest BCUT2D eigenvalue weighted by Crippen LogP contribution is 2.26. The van der Waals surface area contributed by atoms with Gasteiger partial charge < -0.3 is 40.7 Å². The third kappa shape index (κ3) is 30.3. The van der Waals surface area contributed by atoms with E-state index in [0.717, 1.165) is 38.5 Å². The van der Waals surface area contributed by atoms with Crippen LogP contribution >= 0.6 is 0 Å². The van der Waals surface area contributed by atoms with Gasteiger partial charge in [0.2, 0.25) is 5.91 Å². The Hall–Kier alpha value is -0.810. The van der Waals surface area contributed by atoms with Crippen LogP contribution in [0.25, 0.3) is 0 Å². The Kier molecular flexibility index (Phi) is 39.0. The smallest absolute Gasteiger partial charge is 0.220 e. The lowest BCUT2D eigenvalue weighted by Gasteiger charge is -2.40. The number of ether oxygens (including phenoxy) is 1. The quantitative estimate of drug-likeness (QED) is 0.0298. The first-order valence-electron chi connectivity index (χ1n) is 26.2. The Labute approximate surface area is 370 Å². The molecule has 9 nitrogen and oxygen atoms in total. The second kappa shape index (κ2) is 40.9. The molecule has 7 N–H and O–H groups in total. The first kappa shape index (κ1) is 57.2. The van der Waals surface area contributed by atoms with Crippen LogP contribution in [0.3, 0.4) is 0 Å². The van der Waals surface area contributed by atoms with Gasteiger partial charge in [0.1, 0.15) is 24.4 Å². The SMILES string of the molecule is CCCCCCCCCCCCCCCCCCCCCCCCCC(=O)N[C@@H](CC[C@@H]1OC(CO)[C@H](O)C(O)C1O)[C@H](O)[C@H](O)CCCCCCCCCCCCCC. The van der Waals surface area contributed by atoms with Crippen molar-refractivity contribution in [2.45, 2.75) is 313 Å². The third-order valence-corrected chi connectivity index (χ3v) is 13.3. The monoisotopic (exact) mass is 856 g/mol. The molecule has 60 heavy (non-hydrogen) atoms. The van der Waals surface area contributed by atoms with Crippen LogP contribution in [0.2, 0.25) is 0 Å². The van der Waals surface area contributed by atoms with E-state index < -0.39 is 55.4 Å². The summed E-state index contributed by atoms with van der Waals surface area (Å²) in [6.07, 6.45) is 37.6. The van der Waals surface area contributed by atoms with Crippen LogP contribution in [0.4, 0.5) is 0 Å². The summed E-state index contributed by atoms with van der Waals surface area (Å²) < 4.78 is 5.69. The Morgan fingerprint density at radius 2 is 0.800 bits per heavy atom. The summed E-state index contributed by atoms with van der Waals surface area (Å²) in [5, 5.41) is 65.8. The molecule has 0 bridgehead atoms. The number of rotatable bonds is 44. The molecule has 1 rings (SSSR count). The first-order valence-corrected chi connectivity index (χ1v) is 26.2. The summed E-state index contributed by atoms with van der Waals surface area (Å²) in [6, 6.07) is -0.762. The molecule has 0 radical (unpaired) electrons. The van der Waals surface area contributed by atoms with Crippen molar-refractivity contribution in [2.75, 3.05) is 6.61 Å². The molecular formula is C51H101NO8. The zero-order valence-electron chi connectivity index (χ0n) is 39.4. The van der Waals surface area contributed by atoms with Gasteiger partial charge in [-0.3, -0.25) is 4.79 Å². The van der Waals surface area contributed by atoms with Crippen molar-refractivity contribution in [1.29, 1.82) is 0 Å². The van der Waals surface area contributed by atoms with Gasteiger partial charge in [0.15, 0.2) is 0 Å². The minimum atomic E-state index is -1.48. The van der Waals surface area contributed by atoms with Gasteiger partial charge in [-0.1, -0.05) is 232 Å². The fraction of sp³-hybridized carbons (Fsp3) is 0.980. The van der Waals surface area contributed by atoms with Crippen LogP contribution in [0.15, 0.2) is 0 Å². The summed E-state index contributed by atoms with van der Waals surface area (Å²) >= 11 is 0. The van der Waals surface area contributed by atoms with Crippen LogP contribution in [0.5, 0.6) is 0 Å². The lowest BCUT2D eigenvalue weighted by Crippen LogP contribution is -2.59. The molecule has 0 aromatic rings. The highest BCUT2D eigenvalue weighted by molar-refractivity contribution is 5.76. The fourth-order valence-corrected chi connectivity index (χ4v) is 9.07. The molecular weight excluding hydrogens is 755 g/mol. The second-order valence-corrected chi connectivity index (χ2v) is 18.9. The minimum Gasteiger partial charge on any atom is -0.394 e. The maximum absolute atomic E-state index is 13.1. The van der Waals surface area contributed by atoms with Gasteiger partial charge in [-0.15, -0.1) is 0 Å². The lowest BCUT2D eigenvalue weighted by atomic mass is 9.90. The van der Waals surface area contributed by atoms with Crippen LogP contribution in [0, 0.1) is 0 Å². The van der Waals surface area contributed by atoms with Crippen molar-refractivity contribution in [3.63, 3.8) is 0 Å². The van der Waals surface area contributed by atoms with Crippen molar-refractivity contribution < 1.29 is 40.2 Å². The molecule has 1 heterocycles. The topological polar surface area (TPSA) is 160 Å². The van der Waals surface area contributed by atoms with Crippen molar-refractivity contribution in [1.82, 2.24) is 5.32 Å². The first-order chi connectivity index (χ1) is 29.3. The Balaban J connectivity index is 2.26. The van der Waals surface area contributed by atoms with Gasteiger partial charge in [0.25, 0.3) is 0 Å². The molecule has 1 fully saturated rings. The number of hydrogen-bond acceptors (Lipinski definition) is 8.